The summed E-state index contributed by atoms with van der Waals surface area (Å²) in [5, 5.41) is 0. The highest BCUT2D eigenvalue weighted by Crippen LogP contribution is 2.42. The molecule has 2 amide bonds. The van der Waals surface area contributed by atoms with Crippen molar-refractivity contribution < 1.29 is 23.5 Å². The van der Waals surface area contributed by atoms with Gasteiger partial charge in [-0.15, -0.1) is 0 Å². The van der Waals surface area contributed by atoms with Crippen LogP contribution in [0.5, 0.6) is 0 Å². The van der Waals surface area contributed by atoms with E-state index in [0.29, 0.717) is 45.7 Å². The predicted octanol–water partition coefficient (Wildman–Crippen LogP) is -0.0352. The smallest absolute Gasteiger partial charge is 0.260 e. The highest BCUT2D eigenvalue weighted by atomic mass is 19.1. The number of alkyl halides is 1. The molecule has 1 atom stereocenters. The molecule has 6 nitrogen and oxygen atoms in total. The van der Waals surface area contributed by atoms with Crippen molar-refractivity contribution in [1.82, 2.24) is 9.80 Å². The van der Waals surface area contributed by atoms with E-state index >= 15 is 0 Å². The maximum Gasteiger partial charge on any atom is 0.260 e. The molecule has 0 bridgehead atoms. The van der Waals surface area contributed by atoms with Crippen LogP contribution in [0.3, 0.4) is 0 Å². The lowest BCUT2D eigenvalue weighted by Gasteiger charge is -2.42. The second-order valence-corrected chi connectivity index (χ2v) is 6.12. The topological polar surface area (TPSA) is 59.1 Å². The number of likely N-dealkylation sites (N-methyl/N-ethyl adjacent to an activating group) is 1. The van der Waals surface area contributed by atoms with Crippen molar-refractivity contribution in [2.45, 2.75) is 31.0 Å². The van der Waals surface area contributed by atoms with Crippen LogP contribution in [0, 0.1) is 0 Å². The first kappa shape index (κ1) is 14.7. The van der Waals surface area contributed by atoms with Crippen LogP contribution in [0.1, 0.15) is 19.8 Å². The molecule has 1 unspecified atom stereocenters. The van der Waals surface area contributed by atoms with Gasteiger partial charge in [0, 0.05) is 13.1 Å². The molecular weight excluding hydrogens is 279 g/mol. The van der Waals surface area contributed by atoms with Crippen molar-refractivity contribution in [3.8, 4) is 0 Å². The molecule has 0 aromatic rings. The fourth-order valence-electron chi connectivity index (χ4n) is 2.94. The third-order valence-corrected chi connectivity index (χ3v) is 4.42. The normalized spacial score (nSPS) is 32.2. The van der Waals surface area contributed by atoms with Gasteiger partial charge in [-0.1, -0.05) is 0 Å². The zero-order chi connectivity index (χ0) is 15.1. The van der Waals surface area contributed by atoms with Crippen molar-refractivity contribution in [3.05, 3.63) is 0 Å². The van der Waals surface area contributed by atoms with Crippen molar-refractivity contribution in [1.29, 1.82) is 0 Å². The maximum absolute atomic E-state index is 14.0. The molecular formula is C14H21FN2O4. The predicted molar refractivity (Wildman–Crippen MR) is 71.4 cm³/mol. The number of hydrogen-bond donors (Lipinski definition) is 0. The minimum Gasteiger partial charge on any atom is -0.376 e. The molecule has 1 spiro atoms. The lowest BCUT2D eigenvalue weighted by Crippen LogP contribution is -2.61. The minimum atomic E-state index is -1.68. The van der Waals surface area contributed by atoms with Crippen LogP contribution in [-0.4, -0.2) is 78.9 Å². The third-order valence-electron chi connectivity index (χ3n) is 4.42. The van der Waals surface area contributed by atoms with E-state index in [1.807, 2.05) is 6.92 Å². The van der Waals surface area contributed by atoms with Gasteiger partial charge in [0.05, 0.1) is 26.3 Å². The summed E-state index contributed by atoms with van der Waals surface area (Å²) in [5.41, 5.74) is -2.41. The summed E-state index contributed by atoms with van der Waals surface area (Å²) in [4.78, 5) is 27.2. The first-order valence-corrected chi connectivity index (χ1v) is 7.46. The van der Waals surface area contributed by atoms with Gasteiger partial charge in [0.1, 0.15) is 12.2 Å². The molecule has 2 aliphatic heterocycles. The van der Waals surface area contributed by atoms with E-state index in [0.717, 1.165) is 0 Å². The van der Waals surface area contributed by atoms with Gasteiger partial charge in [0.25, 0.3) is 5.91 Å². The summed E-state index contributed by atoms with van der Waals surface area (Å²) < 4.78 is 25.3. The Kier molecular flexibility index (Phi) is 3.65. The van der Waals surface area contributed by atoms with Gasteiger partial charge in [-0.2, -0.15) is 0 Å². The van der Waals surface area contributed by atoms with E-state index in [4.69, 9.17) is 9.47 Å². The second kappa shape index (κ2) is 5.21. The molecule has 21 heavy (non-hydrogen) atoms. The summed E-state index contributed by atoms with van der Waals surface area (Å²) in [6, 6.07) is 0. The van der Waals surface area contributed by atoms with Crippen molar-refractivity contribution in [3.63, 3.8) is 0 Å². The van der Waals surface area contributed by atoms with Gasteiger partial charge in [-0.05, 0) is 19.8 Å². The number of morpholine rings is 1. The second-order valence-electron chi connectivity index (χ2n) is 6.12. The van der Waals surface area contributed by atoms with Crippen LogP contribution in [0.2, 0.25) is 0 Å². The average Bonchev–Trinajstić information content (AvgIpc) is 3.25. The van der Waals surface area contributed by atoms with E-state index in [1.54, 1.807) is 4.90 Å². The number of nitrogens with zero attached hydrogens (tertiary/aromatic N) is 2. The van der Waals surface area contributed by atoms with Crippen LogP contribution >= 0.6 is 0 Å². The molecule has 0 N–H and O–H groups in total. The number of ether oxygens (including phenoxy) is 2. The van der Waals surface area contributed by atoms with Crippen molar-refractivity contribution in [2.75, 3.05) is 46.0 Å². The number of carbonyl (C=O) groups is 2. The number of halogens is 1. The summed E-state index contributed by atoms with van der Waals surface area (Å²) in [7, 11) is 0. The zero-order valence-electron chi connectivity index (χ0n) is 12.3. The summed E-state index contributed by atoms with van der Waals surface area (Å²) in [6.45, 7) is 4.19. The first-order chi connectivity index (χ1) is 9.98. The van der Waals surface area contributed by atoms with Crippen LogP contribution in [0.4, 0.5) is 4.39 Å². The molecule has 2 heterocycles. The molecule has 118 valence electrons. The molecule has 3 fully saturated rings. The Balaban J connectivity index is 1.75. The zero-order valence-corrected chi connectivity index (χ0v) is 12.3. The SMILES string of the molecule is CCN1CC2(COCCN(C(=O)C3(F)CC3)C2)OCC1=O. The summed E-state index contributed by atoms with van der Waals surface area (Å²) >= 11 is 0. The van der Waals surface area contributed by atoms with Crippen LogP contribution in [0.25, 0.3) is 0 Å². The largest absolute Gasteiger partial charge is 0.376 e. The molecule has 3 aliphatic rings. The van der Waals surface area contributed by atoms with Crippen molar-refractivity contribution >= 4 is 11.8 Å². The number of hydrogen-bond acceptors (Lipinski definition) is 4. The van der Waals surface area contributed by atoms with Gasteiger partial charge in [-0.25, -0.2) is 4.39 Å². The highest BCUT2D eigenvalue weighted by molar-refractivity contribution is 5.88. The van der Waals surface area contributed by atoms with Gasteiger partial charge >= 0.3 is 0 Å². The van der Waals surface area contributed by atoms with E-state index in [2.05, 4.69) is 0 Å². The Morgan fingerprint density at radius 2 is 2.14 bits per heavy atom. The lowest BCUT2D eigenvalue weighted by molar-refractivity contribution is -0.174. The molecule has 2 saturated heterocycles. The van der Waals surface area contributed by atoms with Crippen LogP contribution < -0.4 is 0 Å². The molecule has 1 aliphatic carbocycles. The van der Waals surface area contributed by atoms with Gasteiger partial charge < -0.3 is 19.3 Å². The Morgan fingerprint density at radius 3 is 2.81 bits per heavy atom. The molecule has 0 aromatic heterocycles. The van der Waals surface area contributed by atoms with E-state index in [1.165, 1.54) is 4.90 Å². The fraction of sp³-hybridized carbons (Fsp3) is 0.857. The van der Waals surface area contributed by atoms with E-state index in [-0.39, 0.29) is 19.1 Å². The third kappa shape index (κ3) is 2.76. The molecule has 1 saturated carbocycles. The summed E-state index contributed by atoms with van der Waals surface area (Å²) in [5.74, 6) is -0.523. The average molecular weight is 300 g/mol. The van der Waals surface area contributed by atoms with Crippen LogP contribution in [-0.2, 0) is 19.1 Å². The van der Waals surface area contributed by atoms with E-state index < -0.39 is 17.2 Å². The fourth-order valence-corrected chi connectivity index (χ4v) is 2.94. The highest BCUT2D eigenvalue weighted by Gasteiger charge is 2.54. The van der Waals surface area contributed by atoms with E-state index in [9.17, 15) is 14.0 Å². The van der Waals surface area contributed by atoms with Gasteiger partial charge in [-0.3, -0.25) is 9.59 Å². The lowest BCUT2D eigenvalue weighted by atomic mass is 10.0. The first-order valence-electron chi connectivity index (χ1n) is 7.46. The Labute approximate surface area is 123 Å². The molecule has 7 heteroatoms. The summed E-state index contributed by atoms with van der Waals surface area (Å²) in [6.07, 6.45) is 0.604. The standard InChI is InChI=1S/C14H21FN2O4/c1-2-16-8-13(21-7-11(16)18)9-17(5-6-20-10-13)12(19)14(15)3-4-14/h2-10H2,1H3. The monoisotopic (exact) mass is 300 g/mol. The number of rotatable bonds is 2. The number of carbonyl (C=O) groups excluding carboxylic acids is 2. The van der Waals surface area contributed by atoms with Gasteiger partial charge in [0.15, 0.2) is 5.67 Å². The Morgan fingerprint density at radius 1 is 1.38 bits per heavy atom. The molecule has 0 aromatic carbocycles. The maximum atomic E-state index is 14.0. The molecule has 3 rings (SSSR count). The Bertz CT molecular complexity index is 454. The van der Waals surface area contributed by atoms with Crippen LogP contribution in [0.15, 0.2) is 0 Å². The molecule has 0 radical (unpaired) electrons. The quantitative estimate of drug-likeness (QED) is 0.718. The van der Waals surface area contributed by atoms with Crippen molar-refractivity contribution in [2.24, 2.45) is 0 Å². The minimum absolute atomic E-state index is 0.0139. The Hall–Kier alpha value is -1.21. The number of amides is 2. The van der Waals surface area contributed by atoms with Gasteiger partial charge in [0.2, 0.25) is 5.91 Å².